The van der Waals surface area contributed by atoms with Crippen molar-refractivity contribution in [2.45, 2.75) is 31.1 Å². The highest BCUT2D eigenvalue weighted by Gasteiger charge is 2.24. The van der Waals surface area contributed by atoms with Crippen molar-refractivity contribution >= 4 is 41.5 Å². The van der Waals surface area contributed by atoms with Crippen molar-refractivity contribution in [2.24, 2.45) is 0 Å². The van der Waals surface area contributed by atoms with E-state index in [1.807, 2.05) is 66.5 Å². The van der Waals surface area contributed by atoms with Gasteiger partial charge in [-0.2, -0.15) is 0 Å². The SMILES string of the molecule is COc1cccc(C2CCN(CCC(CN(C)C(=O)c3ccccc3)c3ccc(Cl)c(Cl)c3)CC2)c1.Cl. The molecule has 1 heterocycles. The van der Waals surface area contributed by atoms with Gasteiger partial charge >= 0.3 is 0 Å². The number of rotatable bonds is 9. The number of hydrogen-bond acceptors (Lipinski definition) is 3. The molecule has 0 spiro atoms. The minimum atomic E-state index is 0. The van der Waals surface area contributed by atoms with Gasteiger partial charge < -0.3 is 14.5 Å². The van der Waals surface area contributed by atoms with Gasteiger partial charge in [0, 0.05) is 25.1 Å². The van der Waals surface area contributed by atoms with Crippen molar-refractivity contribution in [3.05, 3.63) is 99.5 Å². The summed E-state index contributed by atoms with van der Waals surface area (Å²) in [5, 5.41) is 1.10. The number of piperidine rings is 1. The van der Waals surface area contributed by atoms with E-state index in [9.17, 15) is 4.79 Å². The molecule has 3 aromatic carbocycles. The molecule has 1 amide bonds. The molecule has 4 nitrogen and oxygen atoms in total. The molecule has 1 fully saturated rings. The molecule has 0 aromatic heterocycles. The fraction of sp³-hybridized carbons (Fsp3) is 0.367. The monoisotopic (exact) mass is 560 g/mol. The molecule has 1 aliphatic rings. The predicted molar refractivity (Wildman–Crippen MR) is 156 cm³/mol. The Morgan fingerprint density at radius 2 is 1.73 bits per heavy atom. The molecule has 37 heavy (non-hydrogen) atoms. The molecule has 4 rings (SSSR count). The maximum Gasteiger partial charge on any atom is 0.253 e. The predicted octanol–water partition coefficient (Wildman–Crippen LogP) is 7.55. The Kier molecular flexibility index (Phi) is 11.1. The van der Waals surface area contributed by atoms with E-state index in [2.05, 4.69) is 23.1 Å². The number of ether oxygens (including phenoxy) is 1. The Morgan fingerprint density at radius 3 is 2.41 bits per heavy atom. The van der Waals surface area contributed by atoms with Crippen molar-refractivity contribution in [1.29, 1.82) is 0 Å². The van der Waals surface area contributed by atoms with Gasteiger partial charge in [-0.05, 0) is 92.3 Å². The molecule has 0 radical (unpaired) electrons. The van der Waals surface area contributed by atoms with Crippen molar-refractivity contribution in [3.63, 3.8) is 0 Å². The molecular weight excluding hydrogens is 527 g/mol. The fourth-order valence-electron chi connectivity index (χ4n) is 5.07. The number of halogens is 3. The van der Waals surface area contributed by atoms with E-state index in [-0.39, 0.29) is 24.2 Å². The second-order valence-electron chi connectivity index (χ2n) is 9.60. The van der Waals surface area contributed by atoms with E-state index < -0.39 is 0 Å². The number of amides is 1. The first-order chi connectivity index (χ1) is 17.4. The Labute approximate surface area is 236 Å². The Hall–Kier alpha value is -2.24. The summed E-state index contributed by atoms with van der Waals surface area (Å²) < 4.78 is 5.41. The Morgan fingerprint density at radius 1 is 1.00 bits per heavy atom. The molecular formula is C30H35Cl3N2O2. The van der Waals surface area contributed by atoms with Crippen LogP contribution in [0.5, 0.6) is 5.75 Å². The third-order valence-electron chi connectivity index (χ3n) is 7.22. The molecule has 1 aliphatic heterocycles. The number of methoxy groups -OCH3 is 1. The molecule has 0 aliphatic carbocycles. The highest BCUT2D eigenvalue weighted by molar-refractivity contribution is 6.42. The lowest BCUT2D eigenvalue weighted by molar-refractivity contribution is 0.0781. The van der Waals surface area contributed by atoms with Gasteiger partial charge in [-0.25, -0.2) is 0 Å². The zero-order valence-corrected chi connectivity index (χ0v) is 23.7. The van der Waals surface area contributed by atoms with E-state index in [0.717, 1.165) is 50.2 Å². The van der Waals surface area contributed by atoms with Gasteiger partial charge in [0.2, 0.25) is 0 Å². The maximum absolute atomic E-state index is 13.0. The normalized spacial score (nSPS) is 15.0. The topological polar surface area (TPSA) is 32.8 Å². The lowest BCUT2D eigenvalue weighted by atomic mass is 9.88. The standard InChI is InChI=1S/C30H34Cl2N2O2.ClH/c1-33(30(35)23-7-4-3-5-8-23)21-26(25-11-12-28(31)29(32)20-25)15-18-34-16-13-22(14-17-34)24-9-6-10-27(19-24)36-2;/h3-12,19-20,22,26H,13-18,21H2,1-2H3;1H. The molecule has 1 saturated heterocycles. The smallest absolute Gasteiger partial charge is 0.253 e. The van der Waals surface area contributed by atoms with Crippen LogP contribution in [0.1, 0.15) is 52.6 Å². The van der Waals surface area contributed by atoms with Crippen LogP contribution in [-0.4, -0.2) is 56.0 Å². The number of nitrogens with zero attached hydrogens (tertiary/aromatic N) is 2. The first-order valence-corrected chi connectivity index (χ1v) is 13.3. The summed E-state index contributed by atoms with van der Waals surface area (Å²) in [4.78, 5) is 17.4. The van der Waals surface area contributed by atoms with Crippen LogP contribution in [0.3, 0.4) is 0 Å². The molecule has 198 valence electrons. The minimum Gasteiger partial charge on any atom is -0.497 e. The van der Waals surface area contributed by atoms with Crippen LogP contribution in [0.4, 0.5) is 0 Å². The maximum atomic E-state index is 13.0. The molecule has 0 N–H and O–H groups in total. The number of likely N-dealkylation sites (N-methyl/N-ethyl adjacent to an activating group) is 1. The van der Waals surface area contributed by atoms with Gasteiger partial charge in [0.25, 0.3) is 5.91 Å². The highest BCUT2D eigenvalue weighted by Crippen LogP contribution is 2.32. The van der Waals surface area contributed by atoms with E-state index in [4.69, 9.17) is 27.9 Å². The zero-order chi connectivity index (χ0) is 25.5. The third-order valence-corrected chi connectivity index (χ3v) is 7.96. The first-order valence-electron chi connectivity index (χ1n) is 12.6. The number of carbonyl (C=O) groups excluding carboxylic acids is 1. The zero-order valence-electron chi connectivity index (χ0n) is 21.4. The second-order valence-corrected chi connectivity index (χ2v) is 10.4. The summed E-state index contributed by atoms with van der Waals surface area (Å²) >= 11 is 12.6. The van der Waals surface area contributed by atoms with Gasteiger partial charge in [-0.15, -0.1) is 12.4 Å². The van der Waals surface area contributed by atoms with Gasteiger partial charge in [-0.1, -0.05) is 59.6 Å². The number of benzene rings is 3. The summed E-state index contributed by atoms with van der Waals surface area (Å²) in [7, 11) is 3.59. The van der Waals surface area contributed by atoms with Gasteiger partial charge in [0.05, 0.1) is 17.2 Å². The van der Waals surface area contributed by atoms with Gasteiger partial charge in [-0.3, -0.25) is 4.79 Å². The molecule has 0 bridgehead atoms. The minimum absolute atomic E-state index is 0. The summed E-state index contributed by atoms with van der Waals surface area (Å²) in [6.45, 7) is 3.72. The van der Waals surface area contributed by atoms with Crippen molar-refractivity contribution in [1.82, 2.24) is 9.80 Å². The Bertz CT molecular complexity index is 1150. The van der Waals surface area contributed by atoms with Crippen LogP contribution >= 0.6 is 35.6 Å². The number of carbonyl (C=O) groups is 1. The number of hydrogen-bond donors (Lipinski definition) is 0. The number of likely N-dealkylation sites (tertiary alicyclic amines) is 1. The quantitative estimate of drug-likeness (QED) is 0.270. The van der Waals surface area contributed by atoms with Crippen molar-refractivity contribution in [2.75, 3.05) is 40.3 Å². The fourth-order valence-corrected chi connectivity index (χ4v) is 5.37. The molecule has 7 heteroatoms. The van der Waals surface area contributed by atoms with Crippen LogP contribution in [0.15, 0.2) is 72.8 Å². The van der Waals surface area contributed by atoms with Crippen LogP contribution in [0.2, 0.25) is 10.0 Å². The summed E-state index contributed by atoms with van der Waals surface area (Å²) in [6, 6.07) is 23.7. The van der Waals surface area contributed by atoms with E-state index >= 15 is 0 Å². The molecule has 3 aromatic rings. The van der Waals surface area contributed by atoms with Crippen LogP contribution in [0, 0.1) is 0 Å². The van der Waals surface area contributed by atoms with Crippen molar-refractivity contribution < 1.29 is 9.53 Å². The highest BCUT2D eigenvalue weighted by atomic mass is 35.5. The van der Waals surface area contributed by atoms with Crippen molar-refractivity contribution in [3.8, 4) is 5.75 Å². The van der Waals surface area contributed by atoms with E-state index in [1.165, 1.54) is 5.56 Å². The largest absolute Gasteiger partial charge is 0.497 e. The molecule has 1 atom stereocenters. The van der Waals surface area contributed by atoms with Crippen LogP contribution in [0.25, 0.3) is 0 Å². The molecule has 0 saturated carbocycles. The lowest BCUT2D eigenvalue weighted by Gasteiger charge is -2.34. The Balaban J connectivity index is 0.00000380. The van der Waals surface area contributed by atoms with Gasteiger partial charge in [0.15, 0.2) is 0 Å². The van der Waals surface area contributed by atoms with E-state index in [0.29, 0.717) is 28.1 Å². The first kappa shape index (κ1) is 29.3. The summed E-state index contributed by atoms with van der Waals surface area (Å²) in [5.74, 6) is 1.68. The third kappa shape index (κ3) is 7.87. The van der Waals surface area contributed by atoms with Crippen LogP contribution in [-0.2, 0) is 0 Å². The van der Waals surface area contributed by atoms with Crippen LogP contribution < -0.4 is 4.74 Å². The second kappa shape index (κ2) is 14.1. The summed E-state index contributed by atoms with van der Waals surface area (Å²) in [5.41, 5.74) is 3.18. The average molecular weight is 562 g/mol. The van der Waals surface area contributed by atoms with E-state index in [1.54, 1.807) is 7.11 Å². The molecule has 1 unspecified atom stereocenters. The van der Waals surface area contributed by atoms with Gasteiger partial charge in [0.1, 0.15) is 5.75 Å². The average Bonchev–Trinajstić information content (AvgIpc) is 2.92. The lowest BCUT2D eigenvalue weighted by Crippen LogP contribution is -2.36. The summed E-state index contributed by atoms with van der Waals surface area (Å²) in [6.07, 6.45) is 3.21.